The van der Waals surface area contributed by atoms with Crippen molar-refractivity contribution in [3.8, 4) is 5.13 Å². The van der Waals surface area contributed by atoms with E-state index in [0.29, 0.717) is 0 Å². The Kier molecular flexibility index (Phi) is 8.13. The summed E-state index contributed by atoms with van der Waals surface area (Å²) in [4.78, 5) is 20.3. The van der Waals surface area contributed by atoms with E-state index in [0.717, 1.165) is 61.7 Å². The van der Waals surface area contributed by atoms with Crippen molar-refractivity contribution >= 4 is 22.4 Å². The fraction of sp³-hybridized carbons (Fsp3) is 0.720. The van der Waals surface area contributed by atoms with Gasteiger partial charge in [-0.3, -0.25) is 9.36 Å². The van der Waals surface area contributed by atoms with Gasteiger partial charge >= 0.3 is 0 Å². The van der Waals surface area contributed by atoms with Crippen LogP contribution in [-0.4, -0.2) is 88.9 Å². The standard InChI is InChI=1S/C25H39N7OS/c33-23(26-11-6-12-29-17-9-22(10-18-29)30-13-2-1-3-14-30)21-7-19-32(20-8-21)25-28-27-24(34-25)31-15-4-5-16-31/h4-5,15-16,21-22H,1-3,6-14,17-20H2,(H,26,33). The maximum Gasteiger partial charge on any atom is 0.223 e. The molecular weight excluding hydrogens is 446 g/mol. The monoisotopic (exact) mass is 485 g/mol. The molecule has 3 aliphatic rings. The van der Waals surface area contributed by atoms with Gasteiger partial charge in [-0.2, -0.15) is 0 Å². The molecule has 0 radical (unpaired) electrons. The number of anilines is 1. The molecule has 9 heteroatoms. The smallest absolute Gasteiger partial charge is 0.223 e. The Hall–Kier alpha value is -1.97. The van der Waals surface area contributed by atoms with Crippen LogP contribution in [0.5, 0.6) is 0 Å². The van der Waals surface area contributed by atoms with E-state index in [2.05, 4.69) is 30.2 Å². The third-order valence-corrected chi connectivity index (χ3v) is 8.78. The molecule has 0 atom stereocenters. The second-order valence-electron chi connectivity index (χ2n) is 10.0. The summed E-state index contributed by atoms with van der Waals surface area (Å²) in [5.41, 5.74) is 0. The highest BCUT2D eigenvalue weighted by Crippen LogP contribution is 2.28. The lowest BCUT2D eigenvalue weighted by Crippen LogP contribution is -2.47. The lowest BCUT2D eigenvalue weighted by atomic mass is 9.96. The number of aromatic nitrogens is 3. The predicted molar refractivity (Wildman–Crippen MR) is 137 cm³/mol. The fourth-order valence-electron chi connectivity index (χ4n) is 5.69. The van der Waals surface area contributed by atoms with Gasteiger partial charge in [0.05, 0.1) is 0 Å². The molecule has 186 valence electrons. The van der Waals surface area contributed by atoms with Crippen molar-refractivity contribution < 1.29 is 4.79 Å². The average molecular weight is 486 g/mol. The second kappa shape index (κ2) is 11.6. The molecule has 1 amide bonds. The predicted octanol–water partition coefficient (Wildman–Crippen LogP) is 3.00. The molecule has 3 saturated heterocycles. The van der Waals surface area contributed by atoms with Crippen molar-refractivity contribution in [3.05, 3.63) is 24.5 Å². The third kappa shape index (κ3) is 5.98. The first kappa shape index (κ1) is 23.8. The van der Waals surface area contributed by atoms with Gasteiger partial charge in [-0.25, -0.2) is 0 Å². The number of carbonyl (C=O) groups excluding carboxylic acids is 1. The molecule has 1 N–H and O–H groups in total. The van der Waals surface area contributed by atoms with E-state index in [9.17, 15) is 4.79 Å². The van der Waals surface area contributed by atoms with E-state index < -0.39 is 0 Å². The quantitative estimate of drug-likeness (QED) is 0.580. The molecule has 3 fully saturated rings. The van der Waals surface area contributed by atoms with Gasteiger partial charge in [-0.1, -0.05) is 17.8 Å². The van der Waals surface area contributed by atoms with Crippen molar-refractivity contribution in [2.45, 2.75) is 57.4 Å². The van der Waals surface area contributed by atoms with Crippen LogP contribution in [0.25, 0.3) is 5.13 Å². The molecule has 5 rings (SSSR count). The number of rotatable bonds is 8. The van der Waals surface area contributed by atoms with Crippen LogP contribution in [0.15, 0.2) is 24.5 Å². The van der Waals surface area contributed by atoms with E-state index in [1.165, 1.54) is 58.3 Å². The number of likely N-dealkylation sites (tertiary alicyclic amines) is 2. The van der Waals surface area contributed by atoms with E-state index >= 15 is 0 Å². The molecule has 0 spiro atoms. The minimum Gasteiger partial charge on any atom is -0.356 e. The van der Waals surface area contributed by atoms with Crippen LogP contribution in [-0.2, 0) is 4.79 Å². The van der Waals surface area contributed by atoms with Gasteiger partial charge in [0.15, 0.2) is 0 Å². The molecule has 2 aromatic rings. The minimum absolute atomic E-state index is 0.119. The first-order valence-corrected chi connectivity index (χ1v) is 14.0. The summed E-state index contributed by atoms with van der Waals surface area (Å²) in [5.74, 6) is 0.349. The Morgan fingerprint density at radius 2 is 1.62 bits per heavy atom. The first-order chi connectivity index (χ1) is 16.8. The third-order valence-electron chi connectivity index (χ3n) is 7.78. The summed E-state index contributed by atoms with van der Waals surface area (Å²) < 4.78 is 1.98. The average Bonchev–Trinajstić information content (AvgIpc) is 3.60. The van der Waals surface area contributed by atoms with Crippen LogP contribution >= 0.6 is 11.3 Å². The van der Waals surface area contributed by atoms with Gasteiger partial charge in [0.25, 0.3) is 0 Å². The lowest BCUT2D eigenvalue weighted by molar-refractivity contribution is -0.125. The highest BCUT2D eigenvalue weighted by atomic mass is 32.1. The maximum absolute atomic E-state index is 12.7. The van der Waals surface area contributed by atoms with Crippen molar-refractivity contribution in [2.75, 3.05) is 57.3 Å². The normalized spacial score (nSPS) is 21.7. The lowest BCUT2D eigenvalue weighted by Gasteiger charge is -2.40. The Morgan fingerprint density at radius 3 is 2.35 bits per heavy atom. The fourth-order valence-corrected chi connectivity index (χ4v) is 6.55. The van der Waals surface area contributed by atoms with Gasteiger partial charge < -0.3 is 20.0 Å². The highest BCUT2D eigenvalue weighted by Gasteiger charge is 2.27. The Labute approximate surface area is 207 Å². The van der Waals surface area contributed by atoms with Crippen LogP contribution < -0.4 is 10.2 Å². The van der Waals surface area contributed by atoms with Crippen LogP contribution in [0, 0.1) is 5.92 Å². The zero-order chi connectivity index (χ0) is 23.2. The second-order valence-corrected chi connectivity index (χ2v) is 11.0. The summed E-state index contributed by atoms with van der Waals surface area (Å²) >= 11 is 1.60. The number of piperidine rings is 3. The molecule has 8 nitrogen and oxygen atoms in total. The van der Waals surface area contributed by atoms with Crippen LogP contribution in [0.2, 0.25) is 0 Å². The van der Waals surface area contributed by atoms with E-state index in [-0.39, 0.29) is 11.8 Å². The maximum atomic E-state index is 12.7. The topological polar surface area (TPSA) is 69.5 Å². The molecule has 0 aromatic carbocycles. The van der Waals surface area contributed by atoms with Gasteiger partial charge in [0.1, 0.15) is 0 Å². The number of carbonyl (C=O) groups is 1. The molecular formula is C25H39N7OS. The Bertz CT molecular complexity index is 879. The Balaban J connectivity index is 0.960. The molecule has 0 aliphatic carbocycles. The number of hydrogen-bond donors (Lipinski definition) is 1. The van der Waals surface area contributed by atoms with Crippen molar-refractivity contribution in [1.82, 2.24) is 29.9 Å². The Morgan fingerprint density at radius 1 is 0.912 bits per heavy atom. The van der Waals surface area contributed by atoms with E-state index in [4.69, 9.17) is 0 Å². The molecule has 5 heterocycles. The van der Waals surface area contributed by atoms with Gasteiger partial charge in [0, 0.05) is 44.0 Å². The number of amides is 1. The van der Waals surface area contributed by atoms with Crippen molar-refractivity contribution in [1.29, 1.82) is 0 Å². The summed E-state index contributed by atoms with van der Waals surface area (Å²) in [6, 6.07) is 4.79. The number of hydrogen-bond acceptors (Lipinski definition) is 7. The first-order valence-electron chi connectivity index (χ1n) is 13.2. The van der Waals surface area contributed by atoms with Crippen molar-refractivity contribution in [2.24, 2.45) is 5.92 Å². The molecule has 0 saturated carbocycles. The minimum atomic E-state index is 0.119. The zero-order valence-electron chi connectivity index (χ0n) is 20.3. The van der Waals surface area contributed by atoms with E-state index in [1.807, 2.05) is 29.1 Å². The van der Waals surface area contributed by atoms with Gasteiger partial charge in [-0.05, 0) is 89.8 Å². The summed E-state index contributed by atoms with van der Waals surface area (Å²) in [5, 5.41) is 13.7. The van der Waals surface area contributed by atoms with Crippen LogP contribution in [0.3, 0.4) is 0 Å². The molecule has 2 aromatic heterocycles. The molecule has 34 heavy (non-hydrogen) atoms. The SMILES string of the molecule is O=C(NCCCN1CCC(N2CCCCC2)CC1)C1CCN(c2nnc(-n3cccc3)s2)CC1. The van der Waals surface area contributed by atoms with Crippen molar-refractivity contribution in [3.63, 3.8) is 0 Å². The highest BCUT2D eigenvalue weighted by molar-refractivity contribution is 7.17. The largest absolute Gasteiger partial charge is 0.356 e. The number of nitrogens with zero attached hydrogens (tertiary/aromatic N) is 6. The summed E-state index contributed by atoms with van der Waals surface area (Å²) in [7, 11) is 0. The van der Waals surface area contributed by atoms with Crippen LogP contribution in [0.4, 0.5) is 5.13 Å². The zero-order valence-corrected chi connectivity index (χ0v) is 21.1. The summed E-state index contributed by atoms with van der Waals surface area (Å²) in [6.07, 6.45) is 13.6. The summed E-state index contributed by atoms with van der Waals surface area (Å²) in [6.45, 7) is 8.68. The molecule has 0 unspecified atom stereocenters. The molecule has 0 bridgehead atoms. The number of nitrogens with one attached hydrogen (secondary N) is 1. The van der Waals surface area contributed by atoms with Gasteiger partial charge in [-0.15, -0.1) is 10.2 Å². The van der Waals surface area contributed by atoms with E-state index in [1.54, 1.807) is 11.3 Å². The van der Waals surface area contributed by atoms with Gasteiger partial charge in [0.2, 0.25) is 16.2 Å². The molecule has 3 aliphatic heterocycles. The van der Waals surface area contributed by atoms with Crippen LogP contribution in [0.1, 0.15) is 51.4 Å².